The summed E-state index contributed by atoms with van der Waals surface area (Å²) in [6.07, 6.45) is 0. The van der Waals surface area contributed by atoms with Crippen molar-refractivity contribution in [2.24, 2.45) is 0 Å². The summed E-state index contributed by atoms with van der Waals surface area (Å²) < 4.78 is 1.66. The van der Waals surface area contributed by atoms with Crippen LogP contribution in [0.3, 0.4) is 0 Å². The van der Waals surface area contributed by atoms with E-state index in [2.05, 4.69) is 20.6 Å². The molecule has 2 heterocycles. The predicted octanol–water partition coefficient (Wildman–Crippen LogP) is 3.17. The Kier molecular flexibility index (Phi) is 5.40. The number of nitrogens with two attached hydrogens (primary N) is 2. The van der Waals surface area contributed by atoms with Crippen LogP contribution in [-0.4, -0.2) is 26.6 Å². The molecule has 1 atom stereocenters. The van der Waals surface area contributed by atoms with Crippen molar-refractivity contribution in [3.05, 3.63) is 69.8 Å². The van der Waals surface area contributed by atoms with Crippen LogP contribution in [0.15, 0.2) is 47.3 Å². The molecule has 0 bridgehead atoms. The summed E-state index contributed by atoms with van der Waals surface area (Å²) in [4.78, 5) is 26.9. The quantitative estimate of drug-likeness (QED) is 0.379. The molecule has 0 aliphatic carbocycles. The predicted molar refractivity (Wildman–Crippen MR) is 129 cm³/mol. The normalized spacial score (nSPS) is 12.0. The summed E-state index contributed by atoms with van der Waals surface area (Å²) in [6, 6.07) is 13.0. The van der Waals surface area contributed by atoms with Crippen molar-refractivity contribution in [2.45, 2.75) is 26.8 Å². The van der Waals surface area contributed by atoms with Gasteiger partial charge < -0.3 is 22.1 Å². The fraction of sp³-hybridized carbons (Fsp3) is 0.217. The first kappa shape index (κ1) is 21.1. The lowest BCUT2D eigenvalue weighted by Gasteiger charge is -2.22. The minimum Gasteiger partial charge on any atom is -0.382 e. The minimum atomic E-state index is -0.409. The van der Waals surface area contributed by atoms with Gasteiger partial charge in [0, 0.05) is 7.05 Å². The van der Waals surface area contributed by atoms with Crippen LogP contribution in [0.4, 0.5) is 23.3 Å². The van der Waals surface area contributed by atoms with E-state index in [9.17, 15) is 4.79 Å². The maximum atomic E-state index is 13.7. The number of hydrogen-bond acceptors (Lipinski definition) is 8. The fourth-order valence-electron chi connectivity index (χ4n) is 3.87. The Morgan fingerprint density at radius 3 is 2.41 bits per heavy atom. The van der Waals surface area contributed by atoms with Crippen LogP contribution < -0.4 is 27.7 Å². The Morgan fingerprint density at radius 1 is 0.969 bits per heavy atom. The average molecular weight is 431 g/mol. The van der Waals surface area contributed by atoms with E-state index < -0.39 is 6.04 Å². The summed E-state index contributed by atoms with van der Waals surface area (Å²) in [5.74, 6) is 1.25. The minimum absolute atomic E-state index is 0.0505. The van der Waals surface area contributed by atoms with Crippen molar-refractivity contribution in [1.82, 2.24) is 19.5 Å². The number of nitrogens with one attached hydrogen (secondary N) is 2. The number of aryl methyl sites for hydroxylation is 2. The second-order valence-corrected chi connectivity index (χ2v) is 7.67. The lowest BCUT2D eigenvalue weighted by atomic mass is 10.1. The number of aromatic nitrogens is 4. The highest BCUT2D eigenvalue weighted by Gasteiger charge is 2.21. The van der Waals surface area contributed by atoms with Crippen molar-refractivity contribution in [3.63, 3.8) is 0 Å². The van der Waals surface area contributed by atoms with Gasteiger partial charge in [-0.05, 0) is 44.0 Å². The number of fused-ring (bicyclic) bond motifs is 1. The van der Waals surface area contributed by atoms with E-state index in [1.165, 1.54) is 0 Å². The molecule has 0 amide bonds. The van der Waals surface area contributed by atoms with Crippen molar-refractivity contribution < 1.29 is 0 Å². The van der Waals surface area contributed by atoms with Crippen molar-refractivity contribution in [1.29, 1.82) is 0 Å². The summed E-state index contributed by atoms with van der Waals surface area (Å²) in [5, 5.41) is 6.89. The van der Waals surface area contributed by atoms with E-state index in [1.54, 1.807) is 11.6 Å². The smallest absolute Gasteiger partial charge is 0.266 e. The standard InChI is InChI=1S/C23H26N8O/c1-12-8-5-6-11-16(12)31-21(28-15-10-7-9-13(2)17(15)22(31)32)14(3)27-20-18(26-4)19(24)29-23(25)30-20/h5-11,14,26H,1-4H3,(H5,24,25,27,29,30). The fourth-order valence-corrected chi connectivity index (χ4v) is 3.87. The number of rotatable bonds is 5. The Labute approximate surface area is 185 Å². The molecule has 6 N–H and O–H groups in total. The first-order chi connectivity index (χ1) is 15.3. The van der Waals surface area contributed by atoms with Gasteiger partial charge in [-0.25, -0.2) is 4.98 Å². The van der Waals surface area contributed by atoms with E-state index in [0.717, 1.165) is 16.8 Å². The molecule has 2 aromatic carbocycles. The van der Waals surface area contributed by atoms with E-state index >= 15 is 0 Å². The summed E-state index contributed by atoms with van der Waals surface area (Å²) in [7, 11) is 1.72. The maximum Gasteiger partial charge on any atom is 0.266 e. The molecule has 0 aliphatic rings. The maximum absolute atomic E-state index is 13.7. The molecule has 1 unspecified atom stereocenters. The molecule has 0 spiro atoms. The van der Waals surface area contributed by atoms with E-state index in [-0.39, 0.29) is 17.3 Å². The third-order valence-electron chi connectivity index (χ3n) is 5.43. The molecule has 164 valence electrons. The van der Waals surface area contributed by atoms with Crippen LogP contribution in [0.2, 0.25) is 0 Å². The molecule has 4 rings (SSSR count). The van der Waals surface area contributed by atoms with Gasteiger partial charge >= 0.3 is 0 Å². The van der Waals surface area contributed by atoms with E-state index in [0.29, 0.717) is 28.2 Å². The van der Waals surface area contributed by atoms with Crippen LogP contribution in [0.1, 0.15) is 29.9 Å². The van der Waals surface area contributed by atoms with Crippen LogP contribution in [0, 0.1) is 13.8 Å². The number of hydrogen-bond donors (Lipinski definition) is 4. The summed E-state index contributed by atoms with van der Waals surface area (Å²) >= 11 is 0. The summed E-state index contributed by atoms with van der Waals surface area (Å²) in [6.45, 7) is 5.79. The first-order valence-corrected chi connectivity index (χ1v) is 10.3. The molecular weight excluding hydrogens is 404 g/mol. The molecule has 4 aromatic rings. The number of nitrogens with zero attached hydrogens (tertiary/aromatic N) is 4. The highest BCUT2D eigenvalue weighted by Crippen LogP contribution is 2.29. The van der Waals surface area contributed by atoms with Gasteiger partial charge in [0.05, 0.1) is 22.6 Å². The zero-order chi connectivity index (χ0) is 23.0. The van der Waals surface area contributed by atoms with Crippen molar-refractivity contribution in [2.75, 3.05) is 29.1 Å². The van der Waals surface area contributed by atoms with E-state index in [1.807, 2.05) is 63.2 Å². The topological polar surface area (TPSA) is 137 Å². The third kappa shape index (κ3) is 3.58. The molecule has 0 saturated carbocycles. The molecule has 2 aromatic heterocycles. The first-order valence-electron chi connectivity index (χ1n) is 10.3. The monoisotopic (exact) mass is 430 g/mol. The molecular formula is C23H26N8O. The molecule has 0 aliphatic heterocycles. The van der Waals surface area contributed by atoms with Crippen LogP contribution in [0.5, 0.6) is 0 Å². The number of nitrogen functional groups attached to an aromatic ring is 2. The third-order valence-corrected chi connectivity index (χ3v) is 5.43. The Morgan fingerprint density at radius 2 is 1.69 bits per heavy atom. The second-order valence-electron chi connectivity index (χ2n) is 7.67. The van der Waals surface area contributed by atoms with Gasteiger partial charge in [-0.2, -0.15) is 9.97 Å². The SMILES string of the molecule is CNc1c(N)nc(N)nc1NC(C)c1nc2cccc(C)c2c(=O)n1-c1ccccc1C. The lowest BCUT2D eigenvalue weighted by molar-refractivity contribution is 0.729. The van der Waals surface area contributed by atoms with Crippen LogP contribution in [0.25, 0.3) is 16.6 Å². The second kappa shape index (κ2) is 8.18. The number of para-hydroxylation sites is 1. The van der Waals surface area contributed by atoms with Crippen LogP contribution >= 0.6 is 0 Å². The van der Waals surface area contributed by atoms with Gasteiger partial charge in [-0.1, -0.05) is 30.3 Å². The summed E-state index contributed by atoms with van der Waals surface area (Å²) in [5.41, 5.74) is 15.5. The van der Waals surface area contributed by atoms with Gasteiger partial charge in [0.25, 0.3) is 5.56 Å². The number of anilines is 4. The van der Waals surface area contributed by atoms with Gasteiger partial charge in [0.1, 0.15) is 11.5 Å². The zero-order valence-corrected chi connectivity index (χ0v) is 18.5. The van der Waals surface area contributed by atoms with Crippen molar-refractivity contribution >= 4 is 34.2 Å². The molecule has 9 nitrogen and oxygen atoms in total. The highest BCUT2D eigenvalue weighted by molar-refractivity contribution is 5.82. The average Bonchev–Trinajstić information content (AvgIpc) is 2.74. The van der Waals surface area contributed by atoms with Crippen molar-refractivity contribution in [3.8, 4) is 5.69 Å². The molecule has 32 heavy (non-hydrogen) atoms. The number of benzene rings is 2. The van der Waals surface area contributed by atoms with Gasteiger partial charge in [-0.15, -0.1) is 0 Å². The Bertz CT molecular complexity index is 1380. The Hall–Kier alpha value is -4.14. The Balaban J connectivity index is 1.95. The van der Waals surface area contributed by atoms with Gasteiger partial charge in [-0.3, -0.25) is 9.36 Å². The van der Waals surface area contributed by atoms with Gasteiger partial charge in [0.15, 0.2) is 11.6 Å². The largest absolute Gasteiger partial charge is 0.382 e. The highest BCUT2D eigenvalue weighted by atomic mass is 16.1. The molecule has 0 saturated heterocycles. The lowest BCUT2D eigenvalue weighted by Crippen LogP contribution is -2.28. The van der Waals surface area contributed by atoms with Gasteiger partial charge in [0.2, 0.25) is 5.95 Å². The molecule has 9 heteroatoms. The zero-order valence-electron chi connectivity index (χ0n) is 18.5. The molecule has 0 radical (unpaired) electrons. The molecule has 0 fully saturated rings. The van der Waals surface area contributed by atoms with Crippen LogP contribution in [-0.2, 0) is 0 Å². The van der Waals surface area contributed by atoms with E-state index in [4.69, 9.17) is 16.5 Å².